The van der Waals surface area contributed by atoms with Crippen LogP contribution in [0.3, 0.4) is 0 Å². The summed E-state index contributed by atoms with van der Waals surface area (Å²) < 4.78 is 12.4. The first-order valence-corrected chi connectivity index (χ1v) is 3.33. The van der Waals surface area contributed by atoms with E-state index in [-0.39, 0.29) is 5.82 Å². The molecule has 4 nitrogen and oxygen atoms in total. The van der Waals surface area contributed by atoms with Crippen molar-refractivity contribution < 1.29 is 4.39 Å². The lowest BCUT2D eigenvalue weighted by Crippen LogP contribution is -2.31. The summed E-state index contributed by atoms with van der Waals surface area (Å²) >= 11 is 0. The molecule has 0 aliphatic heterocycles. The molecule has 3 N–H and O–H groups in total. The third kappa shape index (κ3) is 1.76. The maximum atomic E-state index is 12.4. The number of hydrogen-bond acceptors (Lipinski definition) is 3. The second-order valence-electron chi connectivity index (χ2n) is 2.08. The van der Waals surface area contributed by atoms with Crippen molar-refractivity contribution in [3.63, 3.8) is 0 Å². The Bertz CT molecular complexity index is 280. The molecular weight excluding hydrogens is 159 g/mol. The fourth-order valence-electron chi connectivity index (χ4n) is 0.769. The van der Waals surface area contributed by atoms with E-state index < -0.39 is 0 Å². The van der Waals surface area contributed by atoms with E-state index in [1.165, 1.54) is 12.1 Å². The molecule has 0 amide bonds. The van der Waals surface area contributed by atoms with Crippen molar-refractivity contribution in [3.8, 4) is 0 Å². The predicted molar refractivity (Wildman–Crippen MR) is 44.0 cm³/mol. The average molecular weight is 168 g/mol. The monoisotopic (exact) mass is 168 g/mol. The minimum atomic E-state index is -0.383. The number of rotatable bonds is 1. The van der Waals surface area contributed by atoms with E-state index in [4.69, 9.17) is 5.84 Å². The van der Waals surface area contributed by atoms with E-state index in [0.717, 1.165) is 6.20 Å². The molecule has 0 aliphatic rings. The summed E-state index contributed by atoms with van der Waals surface area (Å²) in [5.74, 6) is 5.18. The Hall–Kier alpha value is -1.49. The molecule has 1 aromatic rings. The largest absolute Gasteiger partial charge is 0.307 e. The fraction of sp³-hybridized carbons (Fsp3) is 0.143. The quantitative estimate of drug-likeness (QED) is 0.270. The minimum Gasteiger partial charge on any atom is -0.307 e. The van der Waals surface area contributed by atoms with Crippen LogP contribution in [-0.2, 0) is 0 Å². The van der Waals surface area contributed by atoms with Crippen LogP contribution in [0, 0.1) is 5.82 Å². The number of amidine groups is 1. The summed E-state index contributed by atoms with van der Waals surface area (Å²) in [5.41, 5.74) is 2.87. The lowest BCUT2D eigenvalue weighted by atomic mass is 10.3. The van der Waals surface area contributed by atoms with E-state index in [2.05, 4.69) is 15.4 Å². The van der Waals surface area contributed by atoms with E-state index in [0.29, 0.717) is 11.5 Å². The maximum absolute atomic E-state index is 12.4. The van der Waals surface area contributed by atoms with Crippen LogP contribution in [0.4, 0.5) is 4.39 Å². The number of halogens is 1. The summed E-state index contributed by atoms with van der Waals surface area (Å²) in [6.45, 7) is 0. The van der Waals surface area contributed by atoms with Crippen LogP contribution in [-0.4, -0.2) is 17.9 Å². The van der Waals surface area contributed by atoms with E-state index >= 15 is 0 Å². The first-order valence-electron chi connectivity index (χ1n) is 3.33. The molecule has 1 heterocycles. The maximum Gasteiger partial charge on any atom is 0.161 e. The zero-order valence-electron chi connectivity index (χ0n) is 6.58. The van der Waals surface area contributed by atoms with Crippen LogP contribution in [0.1, 0.15) is 5.69 Å². The topological polar surface area (TPSA) is 63.3 Å². The molecule has 12 heavy (non-hydrogen) atoms. The molecule has 1 rings (SSSR count). The summed E-state index contributed by atoms with van der Waals surface area (Å²) in [6, 6.07) is 2.79. The highest BCUT2D eigenvalue weighted by Crippen LogP contribution is 1.97. The smallest absolute Gasteiger partial charge is 0.161 e. The fourth-order valence-corrected chi connectivity index (χ4v) is 0.769. The SMILES string of the molecule is CN=C(NN)c1ccc(F)cn1. The summed E-state index contributed by atoms with van der Waals surface area (Å²) in [5, 5.41) is 0. The zero-order valence-corrected chi connectivity index (χ0v) is 6.58. The number of nitrogens with zero attached hydrogens (tertiary/aromatic N) is 2. The van der Waals surface area contributed by atoms with Crippen molar-refractivity contribution in [1.29, 1.82) is 0 Å². The van der Waals surface area contributed by atoms with Crippen LogP contribution in [0.2, 0.25) is 0 Å². The Labute approximate surface area is 69.3 Å². The van der Waals surface area contributed by atoms with Gasteiger partial charge in [0.25, 0.3) is 0 Å². The summed E-state index contributed by atoms with van der Waals surface area (Å²) in [4.78, 5) is 7.57. The van der Waals surface area contributed by atoms with Crippen LogP contribution in [0.25, 0.3) is 0 Å². The Morgan fingerprint density at radius 1 is 1.67 bits per heavy atom. The molecule has 0 aromatic carbocycles. The second kappa shape index (κ2) is 3.77. The lowest BCUT2D eigenvalue weighted by molar-refractivity contribution is 0.621. The van der Waals surface area contributed by atoms with Gasteiger partial charge in [-0.2, -0.15) is 0 Å². The molecule has 0 fully saturated rings. The standard InChI is InChI=1S/C7H9FN4/c1-10-7(12-9)6-3-2-5(8)4-11-6/h2-4H,9H2,1H3,(H,10,12). The average Bonchev–Trinajstić information content (AvgIpc) is 2.10. The molecule has 0 spiro atoms. The van der Waals surface area contributed by atoms with Gasteiger partial charge in [0.15, 0.2) is 5.84 Å². The summed E-state index contributed by atoms with van der Waals surface area (Å²) in [7, 11) is 1.57. The molecule has 5 heteroatoms. The number of aliphatic imine (C=N–C) groups is 1. The molecule has 1 aromatic heterocycles. The molecule has 0 saturated carbocycles. The van der Waals surface area contributed by atoms with Gasteiger partial charge in [0.1, 0.15) is 11.5 Å². The number of pyridine rings is 1. The van der Waals surface area contributed by atoms with Crippen molar-refractivity contribution in [1.82, 2.24) is 10.4 Å². The summed E-state index contributed by atoms with van der Waals surface area (Å²) in [6.07, 6.45) is 1.11. The van der Waals surface area contributed by atoms with E-state index in [9.17, 15) is 4.39 Å². The van der Waals surface area contributed by atoms with Crippen LogP contribution < -0.4 is 11.3 Å². The van der Waals surface area contributed by atoms with Crippen molar-refractivity contribution in [2.75, 3.05) is 7.05 Å². The van der Waals surface area contributed by atoms with Crippen molar-refractivity contribution in [3.05, 3.63) is 29.8 Å². The van der Waals surface area contributed by atoms with Crippen LogP contribution in [0.15, 0.2) is 23.3 Å². The lowest BCUT2D eigenvalue weighted by Gasteiger charge is -2.01. The van der Waals surface area contributed by atoms with Gasteiger partial charge in [-0.25, -0.2) is 15.2 Å². The van der Waals surface area contributed by atoms with Crippen LogP contribution in [0.5, 0.6) is 0 Å². The molecule has 0 atom stereocenters. The number of nitrogens with two attached hydrogens (primary N) is 1. The number of hydrazine groups is 1. The van der Waals surface area contributed by atoms with Gasteiger partial charge in [-0.05, 0) is 12.1 Å². The molecule has 0 saturated heterocycles. The second-order valence-corrected chi connectivity index (χ2v) is 2.08. The van der Waals surface area contributed by atoms with Gasteiger partial charge in [-0.1, -0.05) is 0 Å². The Morgan fingerprint density at radius 3 is 2.83 bits per heavy atom. The first kappa shape index (κ1) is 8.61. The van der Waals surface area contributed by atoms with Gasteiger partial charge in [0.2, 0.25) is 0 Å². The number of nitrogens with one attached hydrogen (secondary N) is 1. The number of hydrogen-bond donors (Lipinski definition) is 2. The Morgan fingerprint density at radius 2 is 2.42 bits per heavy atom. The Kier molecular flexibility index (Phi) is 2.71. The van der Waals surface area contributed by atoms with E-state index in [1.54, 1.807) is 7.05 Å². The predicted octanol–water partition coefficient (Wildman–Crippen LogP) is 0.0604. The van der Waals surface area contributed by atoms with Crippen molar-refractivity contribution in [2.45, 2.75) is 0 Å². The highest BCUT2D eigenvalue weighted by Gasteiger charge is 2.00. The molecule has 0 unspecified atom stereocenters. The molecular formula is C7H9FN4. The van der Waals surface area contributed by atoms with Gasteiger partial charge in [-0.3, -0.25) is 4.99 Å². The van der Waals surface area contributed by atoms with Gasteiger partial charge >= 0.3 is 0 Å². The third-order valence-electron chi connectivity index (χ3n) is 1.33. The van der Waals surface area contributed by atoms with Gasteiger partial charge in [-0.15, -0.1) is 0 Å². The van der Waals surface area contributed by atoms with E-state index in [1.807, 2.05) is 0 Å². The number of aromatic nitrogens is 1. The first-order chi connectivity index (χ1) is 5.77. The van der Waals surface area contributed by atoms with Crippen molar-refractivity contribution in [2.24, 2.45) is 10.8 Å². The van der Waals surface area contributed by atoms with Crippen molar-refractivity contribution >= 4 is 5.84 Å². The molecule has 0 aliphatic carbocycles. The van der Waals surface area contributed by atoms with Gasteiger partial charge < -0.3 is 5.43 Å². The highest BCUT2D eigenvalue weighted by molar-refractivity contribution is 5.96. The molecule has 0 radical (unpaired) electrons. The molecule has 0 bridgehead atoms. The van der Waals surface area contributed by atoms with Crippen LogP contribution >= 0.6 is 0 Å². The normalized spacial score (nSPS) is 11.4. The van der Waals surface area contributed by atoms with Gasteiger partial charge in [0.05, 0.1) is 6.20 Å². The van der Waals surface area contributed by atoms with Gasteiger partial charge in [0, 0.05) is 7.05 Å². The minimum absolute atomic E-state index is 0.383. The third-order valence-corrected chi connectivity index (χ3v) is 1.33. The zero-order chi connectivity index (χ0) is 8.97. The Balaban J connectivity index is 2.96. The molecule has 64 valence electrons. The highest BCUT2D eigenvalue weighted by atomic mass is 19.1.